The quantitative estimate of drug-likeness (QED) is 0.443. The zero-order valence-electron chi connectivity index (χ0n) is 20.7. The second-order valence-electron chi connectivity index (χ2n) is 9.72. The molecule has 3 aromatic carbocycles. The van der Waals surface area contributed by atoms with Crippen LogP contribution in [0.5, 0.6) is 0 Å². The van der Waals surface area contributed by atoms with Crippen LogP contribution in [0, 0.1) is 6.92 Å². The molecular weight excluding hydrogens is 432 g/mol. The molecule has 0 saturated heterocycles. The van der Waals surface area contributed by atoms with Gasteiger partial charge in [0.1, 0.15) is 6.04 Å². The van der Waals surface area contributed by atoms with Gasteiger partial charge in [-0.25, -0.2) is 0 Å². The lowest BCUT2D eigenvalue weighted by atomic mass is 9.94. The second kappa shape index (κ2) is 12.3. The number of nitrogens with zero attached hydrogens (tertiary/aromatic N) is 1. The van der Waals surface area contributed by atoms with Gasteiger partial charge in [-0.1, -0.05) is 110 Å². The van der Waals surface area contributed by atoms with E-state index in [0.29, 0.717) is 13.0 Å². The Bertz CT molecular complexity index is 1090. The molecule has 35 heavy (non-hydrogen) atoms. The van der Waals surface area contributed by atoms with E-state index in [0.717, 1.165) is 47.9 Å². The van der Waals surface area contributed by atoms with E-state index in [1.807, 2.05) is 91.9 Å². The lowest BCUT2D eigenvalue weighted by molar-refractivity contribution is -0.141. The zero-order chi connectivity index (χ0) is 24.5. The third kappa shape index (κ3) is 7.29. The summed E-state index contributed by atoms with van der Waals surface area (Å²) in [6.45, 7) is 2.44. The van der Waals surface area contributed by atoms with Crippen molar-refractivity contribution in [2.75, 3.05) is 0 Å². The van der Waals surface area contributed by atoms with E-state index < -0.39 is 6.04 Å². The summed E-state index contributed by atoms with van der Waals surface area (Å²) in [5.74, 6) is -0.0755. The predicted octanol–water partition coefficient (Wildman–Crippen LogP) is 5.63. The van der Waals surface area contributed by atoms with Crippen LogP contribution >= 0.6 is 0 Å². The Kier molecular flexibility index (Phi) is 8.72. The van der Waals surface area contributed by atoms with Crippen LogP contribution in [0.4, 0.5) is 0 Å². The highest BCUT2D eigenvalue weighted by Crippen LogP contribution is 2.20. The molecular formula is C31H36N2O2. The zero-order valence-corrected chi connectivity index (χ0v) is 20.7. The molecule has 1 N–H and O–H groups in total. The molecule has 1 aliphatic carbocycles. The third-order valence-electron chi connectivity index (χ3n) is 6.86. The minimum Gasteiger partial charge on any atom is -0.352 e. The molecule has 4 nitrogen and oxygen atoms in total. The van der Waals surface area contributed by atoms with Gasteiger partial charge in [-0.2, -0.15) is 0 Å². The summed E-state index contributed by atoms with van der Waals surface area (Å²) >= 11 is 0. The van der Waals surface area contributed by atoms with Gasteiger partial charge >= 0.3 is 0 Å². The molecule has 0 aromatic heterocycles. The Morgan fingerprint density at radius 1 is 0.829 bits per heavy atom. The lowest BCUT2D eigenvalue weighted by Crippen LogP contribution is -2.53. The van der Waals surface area contributed by atoms with Crippen LogP contribution < -0.4 is 5.32 Å². The number of nitrogens with one attached hydrogen (secondary N) is 1. The Balaban J connectivity index is 1.63. The van der Waals surface area contributed by atoms with Crippen LogP contribution in [-0.4, -0.2) is 28.8 Å². The van der Waals surface area contributed by atoms with Gasteiger partial charge in [0.05, 0.1) is 6.42 Å². The first-order chi connectivity index (χ1) is 17.1. The molecule has 0 radical (unpaired) electrons. The fourth-order valence-electron chi connectivity index (χ4n) is 4.98. The predicted molar refractivity (Wildman–Crippen MR) is 141 cm³/mol. The standard InChI is InChI=1S/C31H36N2O2/c1-24-12-11-17-27(20-24)22-30(34)33(23-26-15-7-3-8-16-26)29(21-25-13-5-2-6-14-25)31(35)32-28-18-9-4-10-19-28/h2-3,5-8,11-17,20,28-29H,4,9-10,18-19,21-23H2,1H3,(H,32,35). The van der Waals surface area contributed by atoms with Crippen molar-refractivity contribution >= 4 is 11.8 Å². The molecule has 3 aromatic rings. The Morgan fingerprint density at radius 2 is 1.46 bits per heavy atom. The molecule has 1 atom stereocenters. The molecule has 1 aliphatic rings. The average molecular weight is 469 g/mol. The first-order valence-corrected chi connectivity index (χ1v) is 12.8. The van der Waals surface area contributed by atoms with Gasteiger partial charge in [-0.05, 0) is 36.5 Å². The number of amides is 2. The van der Waals surface area contributed by atoms with Crippen LogP contribution in [0.15, 0.2) is 84.9 Å². The van der Waals surface area contributed by atoms with Crippen LogP contribution in [0.2, 0.25) is 0 Å². The first kappa shape index (κ1) is 24.7. The van der Waals surface area contributed by atoms with Crippen LogP contribution in [0.3, 0.4) is 0 Å². The van der Waals surface area contributed by atoms with Crippen molar-refractivity contribution in [1.82, 2.24) is 10.2 Å². The average Bonchev–Trinajstić information content (AvgIpc) is 2.88. The van der Waals surface area contributed by atoms with Gasteiger partial charge in [0.2, 0.25) is 11.8 Å². The summed E-state index contributed by atoms with van der Waals surface area (Å²) in [4.78, 5) is 29.4. The van der Waals surface area contributed by atoms with Crippen molar-refractivity contribution in [3.8, 4) is 0 Å². The molecule has 2 amide bonds. The van der Waals surface area contributed by atoms with Gasteiger partial charge in [0.15, 0.2) is 0 Å². The number of carbonyl (C=O) groups excluding carboxylic acids is 2. The number of benzene rings is 3. The molecule has 0 spiro atoms. The minimum atomic E-state index is -0.572. The van der Waals surface area contributed by atoms with E-state index in [9.17, 15) is 9.59 Å². The molecule has 182 valence electrons. The Morgan fingerprint density at radius 3 is 2.11 bits per heavy atom. The molecule has 4 heteroatoms. The Hall–Kier alpha value is -3.40. The summed E-state index contributed by atoms with van der Waals surface area (Å²) < 4.78 is 0. The van der Waals surface area contributed by atoms with Crippen LogP contribution in [0.25, 0.3) is 0 Å². The maximum atomic E-state index is 13.8. The number of hydrogen-bond donors (Lipinski definition) is 1. The largest absolute Gasteiger partial charge is 0.352 e. The summed E-state index contributed by atoms with van der Waals surface area (Å²) in [6.07, 6.45) is 6.32. The second-order valence-corrected chi connectivity index (χ2v) is 9.72. The van der Waals surface area contributed by atoms with Crippen LogP contribution in [0.1, 0.15) is 54.4 Å². The molecule has 1 unspecified atom stereocenters. The SMILES string of the molecule is Cc1cccc(CC(=O)N(Cc2ccccc2)C(Cc2ccccc2)C(=O)NC2CCCCC2)c1. The maximum Gasteiger partial charge on any atom is 0.243 e. The molecule has 1 saturated carbocycles. The smallest absolute Gasteiger partial charge is 0.243 e. The van der Waals surface area contributed by atoms with Crippen molar-refractivity contribution in [3.05, 3.63) is 107 Å². The number of hydrogen-bond acceptors (Lipinski definition) is 2. The third-order valence-corrected chi connectivity index (χ3v) is 6.86. The summed E-state index contributed by atoms with van der Waals surface area (Å²) in [5, 5.41) is 3.30. The lowest BCUT2D eigenvalue weighted by Gasteiger charge is -2.33. The fraction of sp³-hybridized carbons (Fsp3) is 0.355. The van der Waals surface area contributed by atoms with E-state index in [1.54, 1.807) is 4.90 Å². The van der Waals surface area contributed by atoms with E-state index in [2.05, 4.69) is 5.32 Å². The molecule has 0 aliphatic heterocycles. The molecule has 0 bridgehead atoms. The van der Waals surface area contributed by atoms with Gasteiger partial charge in [0, 0.05) is 19.0 Å². The van der Waals surface area contributed by atoms with Crippen molar-refractivity contribution < 1.29 is 9.59 Å². The fourth-order valence-corrected chi connectivity index (χ4v) is 4.98. The number of rotatable bonds is 9. The highest BCUT2D eigenvalue weighted by atomic mass is 16.2. The monoisotopic (exact) mass is 468 g/mol. The first-order valence-electron chi connectivity index (χ1n) is 12.8. The van der Waals surface area contributed by atoms with Crippen molar-refractivity contribution in [1.29, 1.82) is 0 Å². The van der Waals surface area contributed by atoms with Gasteiger partial charge in [-0.3, -0.25) is 9.59 Å². The minimum absolute atomic E-state index is 0.0285. The number of carbonyl (C=O) groups is 2. The van der Waals surface area contributed by atoms with Crippen LogP contribution in [-0.2, 0) is 29.0 Å². The van der Waals surface area contributed by atoms with E-state index in [4.69, 9.17) is 0 Å². The van der Waals surface area contributed by atoms with Crippen molar-refractivity contribution in [3.63, 3.8) is 0 Å². The van der Waals surface area contributed by atoms with E-state index in [1.165, 1.54) is 6.42 Å². The number of aryl methyl sites for hydroxylation is 1. The highest BCUT2D eigenvalue weighted by molar-refractivity contribution is 5.89. The van der Waals surface area contributed by atoms with E-state index >= 15 is 0 Å². The molecule has 0 heterocycles. The maximum absolute atomic E-state index is 13.8. The normalized spacial score (nSPS) is 14.8. The summed E-state index contributed by atoms with van der Waals surface area (Å²) in [5.41, 5.74) is 4.17. The van der Waals surface area contributed by atoms with Crippen molar-refractivity contribution in [2.24, 2.45) is 0 Å². The topological polar surface area (TPSA) is 49.4 Å². The van der Waals surface area contributed by atoms with Gasteiger partial charge < -0.3 is 10.2 Å². The van der Waals surface area contributed by atoms with E-state index in [-0.39, 0.29) is 24.3 Å². The summed E-state index contributed by atoms with van der Waals surface area (Å²) in [7, 11) is 0. The van der Waals surface area contributed by atoms with Gasteiger partial charge in [0.25, 0.3) is 0 Å². The highest BCUT2D eigenvalue weighted by Gasteiger charge is 2.31. The Labute approximate surface area is 209 Å². The molecule has 1 fully saturated rings. The van der Waals surface area contributed by atoms with Gasteiger partial charge in [-0.15, -0.1) is 0 Å². The summed E-state index contributed by atoms with van der Waals surface area (Å²) in [6, 6.07) is 27.7. The van der Waals surface area contributed by atoms with Crippen molar-refractivity contribution in [2.45, 2.75) is 70.5 Å². The molecule has 4 rings (SSSR count).